The number of amides is 5. The second-order valence-corrected chi connectivity index (χ2v) is 10.8. The molecular weight excluding hydrogens is 584 g/mol. The lowest BCUT2D eigenvalue weighted by atomic mass is 10.00. The van der Waals surface area contributed by atoms with E-state index in [1.165, 1.54) is 6.92 Å². The van der Waals surface area contributed by atoms with E-state index in [0.29, 0.717) is 5.56 Å². The monoisotopic (exact) mass is 626 g/mol. The van der Waals surface area contributed by atoms with Crippen molar-refractivity contribution >= 4 is 35.5 Å². The summed E-state index contributed by atoms with van der Waals surface area (Å²) in [5.74, 6) is -5.29. The lowest BCUT2D eigenvalue weighted by Crippen LogP contribution is -2.60. The van der Waals surface area contributed by atoms with E-state index in [9.17, 15) is 28.8 Å². The summed E-state index contributed by atoms with van der Waals surface area (Å²) in [5, 5.41) is 19.1. The minimum atomic E-state index is -1.48. The van der Waals surface area contributed by atoms with Gasteiger partial charge in [0.15, 0.2) is 0 Å². The summed E-state index contributed by atoms with van der Waals surface area (Å²) in [4.78, 5) is 76.3. The average molecular weight is 627 g/mol. The quantitative estimate of drug-likeness (QED) is 0.104. The third kappa shape index (κ3) is 12.4. The Bertz CT molecular complexity index is 1310. The van der Waals surface area contributed by atoms with Gasteiger partial charge in [0, 0.05) is 6.42 Å². The van der Waals surface area contributed by atoms with E-state index in [2.05, 4.69) is 21.3 Å². The maximum Gasteiger partial charge on any atom is 0.328 e. The van der Waals surface area contributed by atoms with Gasteiger partial charge < -0.3 is 42.6 Å². The molecule has 244 valence electrons. The molecule has 0 bridgehead atoms. The molecule has 0 unspecified atom stereocenters. The van der Waals surface area contributed by atoms with E-state index >= 15 is 0 Å². The van der Waals surface area contributed by atoms with Gasteiger partial charge in [0.1, 0.15) is 36.8 Å². The smallest absolute Gasteiger partial charge is 0.328 e. The summed E-state index contributed by atoms with van der Waals surface area (Å²) in [6.07, 6.45) is -0.540. The Balaban J connectivity index is 2.18. The first-order valence-electron chi connectivity index (χ1n) is 14.4. The number of ether oxygens (including phenoxy) is 1. The Morgan fingerprint density at radius 2 is 1.27 bits per heavy atom. The van der Waals surface area contributed by atoms with Crippen LogP contribution in [0.2, 0.25) is 0 Å². The van der Waals surface area contributed by atoms with Crippen LogP contribution in [0.15, 0.2) is 60.7 Å². The van der Waals surface area contributed by atoms with Crippen LogP contribution >= 0.6 is 0 Å². The van der Waals surface area contributed by atoms with Gasteiger partial charge in [-0.25, -0.2) is 4.79 Å². The van der Waals surface area contributed by atoms with Gasteiger partial charge in [-0.05, 0) is 24.0 Å². The number of aliphatic hydroxyl groups is 1. The van der Waals surface area contributed by atoms with Crippen LogP contribution in [0.3, 0.4) is 0 Å². The summed E-state index contributed by atoms with van der Waals surface area (Å²) in [6.45, 7) is 4.06. The van der Waals surface area contributed by atoms with Crippen molar-refractivity contribution in [1.82, 2.24) is 21.3 Å². The molecule has 0 aliphatic carbocycles. The van der Waals surface area contributed by atoms with Crippen molar-refractivity contribution < 1.29 is 38.6 Å². The van der Waals surface area contributed by atoms with Gasteiger partial charge in [-0.3, -0.25) is 24.0 Å². The van der Waals surface area contributed by atoms with Crippen LogP contribution in [-0.4, -0.2) is 77.4 Å². The minimum Gasteiger partial charge on any atom is -0.459 e. The summed E-state index contributed by atoms with van der Waals surface area (Å²) in [7, 11) is 0. The van der Waals surface area contributed by atoms with Crippen molar-refractivity contribution in [3.63, 3.8) is 0 Å². The van der Waals surface area contributed by atoms with Crippen molar-refractivity contribution in [3.8, 4) is 0 Å². The number of hydrogen-bond acceptors (Lipinski definition) is 9. The van der Waals surface area contributed by atoms with E-state index in [0.717, 1.165) is 5.56 Å². The first-order valence-corrected chi connectivity index (χ1v) is 14.4. The zero-order valence-electron chi connectivity index (χ0n) is 25.5. The first kappa shape index (κ1) is 36.4. The van der Waals surface area contributed by atoms with Crippen molar-refractivity contribution in [2.24, 2.45) is 17.4 Å². The van der Waals surface area contributed by atoms with E-state index in [1.807, 2.05) is 6.07 Å². The SMILES string of the molecule is CC(C)[C@H](NC(=O)[C@H](CC(N)=O)NC(=O)[C@H](N)CO)C(=O)N[C@@H](Cc1ccccc1)C(=O)N[C@@H](C)C(=O)OCc1ccccc1. The fraction of sp³-hybridized carbons (Fsp3) is 0.419. The van der Waals surface area contributed by atoms with Gasteiger partial charge in [-0.1, -0.05) is 74.5 Å². The predicted molar refractivity (Wildman–Crippen MR) is 163 cm³/mol. The molecule has 0 aromatic heterocycles. The lowest BCUT2D eigenvalue weighted by molar-refractivity contribution is -0.148. The van der Waals surface area contributed by atoms with Gasteiger partial charge in [-0.2, -0.15) is 0 Å². The largest absolute Gasteiger partial charge is 0.459 e. The fourth-order valence-electron chi connectivity index (χ4n) is 4.11. The Morgan fingerprint density at radius 1 is 0.733 bits per heavy atom. The number of carbonyl (C=O) groups excluding carboxylic acids is 6. The molecule has 2 aromatic carbocycles. The molecular formula is C31H42N6O8. The van der Waals surface area contributed by atoms with Crippen molar-refractivity contribution in [1.29, 1.82) is 0 Å². The molecule has 0 spiro atoms. The number of benzene rings is 2. The molecule has 9 N–H and O–H groups in total. The lowest BCUT2D eigenvalue weighted by Gasteiger charge is -2.28. The molecule has 2 aromatic rings. The normalized spacial score (nSPS) is 14.2. The number of aliphatic hydroxyl groups excluding tert-OH is 1. The van der Waals surface area contributed by atoms with Gasteiger partial charge in [-0.15, -0.1) is 0 Å². The number of esters is 1. The second-order valence-electron chi connectivity index (χ2n) is 10.8. The highest BCUT2D eigenvalue weighted by molar-refractivity contribution is 5.97. The van der Waals surface area contributed by atoms with Crippen LogP contribution < -0.4 is 32.7 Å². The van der Waals surface area contributed by atoms with Gasteiger partial charge in [0.05, 0.1) is 13.0 Å². The molecule has 0 heterocycles. The van der Waals surface area contributed by atoms with Crippen LogP contribution in [-0.2, 0) is 46.5 Å². The zero-order valence-corrected chi connectivity index (χ0v) is 25.5. The predicted octanol–water partition coefficient (Wildman–Crippen LogP) is -1.22. The highest BCUT2D eigenvalue weighted by atomic mass is 16.5. The Hall–Kier alpha value is -4.82. The molecule has 0 aliphatic rings. The standard InChI is InChI=1S/C31H42N6O8/c1-18(2)26(37-29(42)24(15-25(33)39)35-27(40)22(32)16-38)30(43)36-23(14-20-10-6-4-7-11-20)28(41)34-19(3)31(44)45-17-21-12-8-5-9-13-21/h4-13,18-19,22-24,26,38H,14-17,32H2,1-3H3,(H2,33,39)(H,34,41)(H,35,40)(H,36,43)(H,37,42)/t19-,22+,23-,24-,26-/m0/s1. The maximum absolute atomic E-state index is 13.5. The van der Waals surface area contributed by atoms with Crippen LogP contribution in [0.1, 0.15) is 38.3 Å². The third-order valence-electron chi connectivity index (χ3n) is 6.67. The first-order chi connectivity index (χ1) is 21.3. The van der Waals surface area contributed by atoms with Crippen molar-refractivity contribution in [2.45, 2.75) is 70.4 Å². The molecule has 0 aliphatic heterocycles. The highest BCUT2D eigenvalue weighted by Crippen LogP contribution is 2.09. The maximum atomic E-state index is 13.5. The van der Waals surface area contributed by atoms with Crippen molar-refractivity contribution in [2.75, 3.05) is 6.61 Å². The fourth-order valence-corrected chi connectivity index (χ4v) is 4.11. The van der Waals surface area contributed by atoms with E-state index in [-0.39, 0.29) is 13.0 Å². The minimum absolute atomic E-state index is 0.0168. The summed E-state index contributed by atoms with van der Waals surface area (Å²) in [5.41, 5.74) is 12.2. The molecule has 5 amide bonds. The number of primary amides is 1. The van der Waals surface area contributed by atoms with Crippen molar-refractivity contribution in [3.05, 3.63) is 71.8 Å². The number of nitrogens with two attached hydrogens (primary N) is 2. The van der Waals surface area contributed by atoms with Crippen LogP contribution in [0, 0.1) is 5.92 Å². The number of rotatable bonds is 17. The molecule has 0 saturated heterocycles. The van der Waals surface area contributed by atoms with E-state index < -0.39 is 84.7 Å². The summed E-state index contributed by atoms with van der Waals surface area (Å²) in [6, 6.07) is 11.6. The molecule has 14 nitrogen and oxygen atoms in total. The van der Waals surface area contributed by atoms with Gasteiger partial charge in [0.25, 0.3) is 0 Å². The molecule has 2 rings (SSSR count). The molecule has 5 atom stereocenters. The third-order valence-corrected chi connectivity index (χ3v) is 6.67. The zero-order chi connectivity index (χ0) is 33.5. The average Bonchev–Trinajstić information content (AvgIpc) is 3.01. The topological polar surface area (TPSA) is 232 Å². The van der Waals surface area contributed by atoms with E-state index in [4.69, 9.17) is 21.3 Å². The van der Waals surface area contributed by atoms with Crippen LogP contribution in [0.4, 0.5) is 0 Å². The van der Waals surface area contributed by atoms with E-state index in [1.54, 1.807) is 68.4 Å². The summed E-state index contributed by atoms with van der Waals surface area (Å²) < 4.78 is 5.31. The number of nitrogens with one attached hydrogen (secondary N) is 4. The Kier molecular flexibility index (Phi) is 14.6. The second kappa shape index (κ2) is 18.1. The molecule has 0 saturated carbocycles. The number of carbonyl (C=O) groups is 6. The molecule has 14 heteroatoms. The van der Waals surface area contributed by atoms with Gasteiger partial charge in [0.2, 0.25) is 29.5 Å². The van der Waals surface area contributed by atoms with Gasteiger partial charge >= 0.3 is 5.97 Å². The Morgan fingerprint density at radius 3 is 1.80 bits per heavy atom. The summed E-state index contributed by atoms with van der Waals surface area (Å²) >= 11 is 0. The molecule has 45 heavy (non-hydrogen) atoms. The highest BCUT2D eigenvalue weighted by Gasteiger charge is 2.33. The van der Waals surface area contributed by atoms with Crippen LogP contribution in [0.25, 0.3) is 0 Å². The number of hydrogen-bond donors (Lipinski definition) is 7. The van der Waals surface area contributed by atoms with Crippen LogP contribution in [0.5, 0.6) is 0 Å². The molecule has 0 fully saturated rings. The Labute approximate surface area is 261 Å². The molecule has 0 radical (unpaired) electrons.